The molecule has 0 aliphatic rings. The van der Waals surface area contributed by atoms with Crippen LogP contribution in [-0.4, -0.2) is 17.3 Å². The summed E-state index contributed by atoms with van der Waals surface area (Å²) in [6.07, 6.45) is 1.83. The van der Waals surface area contributed by atoms with E-state index in [0.29, 0.717) is 23.7 Å². The van der Waals surface area contributed by atoms with E-state index in [9.17, 15) is 4.79 Å². The number of ketones is 1. The standard InChI is InChI=1S/C9H11ClN2O/c1-6-4-7(5-12-9(6)10)8(13)2-3-11/h4-5H,2-3,11H2,1H3. The molecule has 0 aliphatic carbocycles. The maximum absolute atomic E-state index is 11.3. The maximum atomic E-state index is 11.3. The average molecular weight is 199 g/mol. The van der Waals surface area contributed by atoms with Gasteiger partial charge in [-0.25, -0.2) is 4.98 Å². The molecule has 0 aromatic carbocycles. The van der Waals surface area contributed by atoms with E-state index in [-0.39, 0.29) is 5.78 Å². The lowest BCUT2D eigenvalue weighted by Gasteiger charge is -2.01. The molecule has 2 N–H and O–H groups in total. The predicted molar refractivity (Wildman–Crippen MR) is 52.0 cm³/mol. The van der Waals surface area contributed by atoms with E-state index in [2.05, 4.69) is 4.98 Å². The number of aromatic nitrogens is 1. The van der Waals surface area contributed by atoms with Crippen molar-refractivity contribution in [1.82, 2.24) is 4.98 Å². The predicted octanol–water partition coefficient (Wildman–Crippen LogP) is 1.57. The van der Waals surface area contributed by atoms with Crippen LogP contribution in [0.1, 0.15) is 22.3 Å². The molecule has 0 fully saturated rings. The average Bonchev–Trinajstić information content (AvgIpc) is 2.10. The molecule has 0 spiro atoms. The summed E-state index contributed by atoms with van der Waals surface area (Å²) in [5.41, 5.74) is 6.65. The van der Waals surface area contributed by atoms with Gasteiger partial charge < -0.3 is 5.73 Å². The van der Waals surface area contributed by atoms with E-state index in [1.54, 1.807) is 6.07 Å². The van der Waals surface area contributed by atoms with Gasteiger partial charge in [-0.05, 0) is 25.1 Å². The minimum Gasteiger partial charge on any atom is -0.330 e. The van der Waals surface area contributed by atoms with E-state index >= 15 is 0 Å². The molecular formula is C9H11ClN2O. The Morgan fingerprint density at radius 3 is 2.92 bits per heavy atom. The lowest BCUT2D eigenvalue weighted by atomic mass is 10.1. The Morgan fingerprint density at radius 2 is 2.38 bits per heavy atom. The zero-order valence-electron chi connectivity index (χ0n) is 7.38. The normalized spacial score (nSPS) is 10.1. The van der Waals surface area contributed by atoms with Crippen LogP contribution in [-0.2, 0) is 0 Å². The minimum absolute atomic E-state index is 0.00904. The smallest absolute Gasteiger partial charge is 0.165 e. The highest BCUT2D eigenvalue weighted by Gasteiger charge is 2.06. The molecule has 4 heteroatoms. The van der Waals surface area contributed by atoms with Crippen LogP contribution in [0.15, 0.2) is 12.3 Å². The van der Waals surface area contributed by atoms with Crippen LogP contribution in [0.2, 0.25) is 5.15 Å². The molecule has 0 saturated heterocycles. The van der Waals surface area contributed by atoms with Gasteiger partial charge in [0.25, 0.3) is 0 Å². The van der Waals surface area contributed by atoms with Crippen molar-refractivity contribution in [3.63, 3.8) is 0 Å². The van der Waals surface area contributed by atoms with Crippen molar-refractivity contribution in [1.29, 1.82) is 0 Å². The number of nitrogens with zero attached hydrogens (tertiary/aromatic N) is 1. The van der Waals surface area contributed by atoms with Crippen molar-refractivity contribution in [3.8, 4) is 0 Å². The second-order valence-electron chi connectivity index (χ2n) is 2.79. The molecule has 13 heavy (non-hydrogen) atoms. The Balaban J connectivity index is 2.90. The summed E-state index contributed by atoms with van der Waals surface area (Å²) in [7, 11) is 0. The van der Waals surface area contributed by atoms with E-state index < -0.39 is 0 Å². The molecular weight excluding hydrogens is 188 g/mol. The summed E-state index contributed by atoms with van der Waals surface area (Å²) in [5.74, 6) is 0.00904. The molecule has 70 valence electrons. The molecule has 0 radical (unpaired) electrons. The number of carbonyl (C=O) groups excluding carboxylic acids is 1. The molecule has 1 heterocycles. The third-order valence-corrected chi connectivity index (χ3v) is 2.10. The van der Waals surface area contributed by atoms with Crippen LogP contribution in [0, 0.1) is 6.92 Å². The molecule has 0 aliphatic heterocycles. The van der Waals surface area contributed by atoms with Gasteiger partial charge in [-0.2, -0.15) is 0 Å². The van der Waals surface area contributed by atoms with E-state index in [1.807, 2.05) is 6.92 Å². The number of hydrogen-bond acceptors (Lipinski definition) is 3. The van der Waals surface area contributed by atoms with Crippen molar-refractivity contribution < 1.29 is 4.79 Å². The van der Waals surface area contributed by atoms with Crippen molar-refractivity contribution in [2.45, 2.75) is 13.3 Å². The number of rotatable bonds is 3. The van der Waals surface area contributed by atoms with Gasteiger partial charge in [-0.1, -0.05) is 11.6 Å². The van der Waals surface area contributed by atoms with Gasteiger partial charge in [-0.3, -0.25) is 4.79 Å². The molecule has 0 atom stereocenters. The SMILES string of the molecule is Cc1cc(C(=O)CCN)cnc1Cl. The van der Waals surface area contributed by atoms with Crippen molar-refractivity contribution >= 4 is 17.4 Å². The number of halogens is 1. The van der Waals surface area contributed by atoms with Gasteiger partial charge in [0.15, 0.2) is 5.78 Å². The second kappa shape index (κ2) is 4.35. The molecule has 0 bridgehead atoms. The fraction of sp³-hybridized carbons (Fsp3) is 0.333. The third-order valence-electron chi connectivity index (χ3n) is 1.71. The number of carbonyl (C=O) groups is 1. The van der Waals surface area contributed by atoms with Crippen molar-refractivity contribution in [3.05, 3.63) is 28.5 Å². The van der Waals surface area contributed by atoms with Gasteiger partial charge in [0.1, 0.15) is 5.15 Å². The number of Topliss-reactive ketones (excluding diaryl/α,β-unsaturated/α-hetero) is 1. The Morgan fingerprint density at radius 1 is 1.69 bits per heavy atom. The fourth-order valence-corrected chi connectivity index (χ4v) is 1.09. The highest BCUT2D eigenvalue weighted by atomic mass is 35.5. The van der Waals surface area contributed by atoms with Gasteiger partial charge in [0.05, 0.1) is 0 Å². The molecule has 0 unspecified atom stereocenters. The monoisotopic (exact) mass is 198 g/mol. The quantitative estimate of drug-likeness (QED) is 0.593. The van der Waals surface area contributed by atoms with Gasteiger partial charge in [0.2, 0.25) is 0 Å². The van der Waals surface area contributed by atoms with Crippen LogP contribution in [0.5, 0.6) is 0 Å². The summed E-state index contributed by atoms with van der Waals surface area (Å²) < 4.78 is 0. The van der Waals surface area contributed by atoms with E-state index in [0.717, 1.165) is 5.56 Å². The van der Waals surface area contributed by atoms with Crippen LogP contribution in [0.3, 0.4) is 0 Å². The molecule has 1 aromatic rings. The summed E-state index contributed by atoms with van der Waals surface area (Å²) >= 11 is 5.72. The first-order chi connectivity index (χ1) is 6.15. The van der Waals surface area contributed by atoms with Gasteiger partial charge >= 0.3 is 0 Å². The Kier molecular flexibility index (Phi) is 3.39. The molecule has 3 nitrogen and oxygen atoms in total. The fourth-order valence-electron chi connectivity index (χ4n) is 0.986. The Bertz CT molecular complexity index is 325. The Labute approximate surface area is 81.9 Å². The van der Waals surface area contributed by atoms with Crippen molar-refractivity contribution in [2.24, 2.45) is 5.73 Å². The lowest BCUT2D eigenvalue weighted by molar-refractivity contribution is 0.0985. The van der Waals surface area contributed by atoms with Crippen LogP contribution in [0.4, 0.5) is 0 Å². The molecule has 1 aromatic heterocycles. The number of hydrogen-bond donors (Lipinski definition) is 1. The zero-order valence-corrected chi connectivity index (χ0v) is 8.14. The number of aryl methyl sites for hydroxylation is 1. The summed E-state index contributed by atoms with van der Waals surface area (Å²) in [6, 6.07) is 1.73. The van der Waals surface area contributed by atoms with Crippen LogP contribution >= 0.6 is 11.6 Å². The topological polar surface area (TPSA) is 56.0 Å². The highest BCUT2D eigenvalue weighted by molar-refractivity contribution is 6.30. The molecule has 0 saturated carbocycles. The number of nitrogens with two attached hydrogens (primary N) is 1. The van der Waals surface area contributed by atoms with E-state index in [1.165, 1.54) is 6.20 Å². The second-order valence-corrected chi connectivity index (χ2v) is 3.15. The minimum atomic E-state index is 0.00904. The van der Waals surface area contributed by atoms with Gasteiger partial charge in [0, 0.05) is 18.2 Å². The van der Waals surface area contributed by atoms with Crippen molar-refractivity contribution in [2.75, 3.05) is 6.54 Å². The molecule has 0 amide bonds. The summed E-state index contributed by atoms with van der Waals surface area (Å²) in [6.45, 7) is 2.18. The van der Waals surface area contributed by atoms with Crippen LogP contribution < -0.4 is 5.73 Å². The maximum Gasteiger partial charge on any atom is 0.165 e. The lowest BCUT2D eigenvalue weighted by Crippen LogP contribution is -2.08. The largest absolute Gasteiger partial charge is 0.330 e. The van der Waals surface area contributed by atoms with Gasteiger partial charge in [-0.15, -0.1) is 0 Å². The summed E-state index contributed by atoms with van der Waals surface area (Å²) in [4.78, 5) is 15.2. The number of pyridine rings is 1. The third kappa shape index (κ3) is 2.50. The van der Waals surface area contributed by atoms with E-state index in [4.69, 9.17) is 17.3 Å². The first kappa shape index (κ1) is 10.2. The molecule has 1 rings (SSSR count). The Hall–Kier alpha value is -0.930. The zero-order chi connectivity index (χ0) is 9.84. The highest BCUT2D eigenvalue weighted by Crippen LogP contribution is 2.13. The summed E-state index contributed by atoms with van der Waals surface area (Å²) in [5, 5.41) is 0.435. The first-order valence-corrected chi connectivity index (χ1v) is 4.38. The van der Waals surface area contributed by atoms with Crippen LogP contribution in [0.25, 0.3) is 0 Å². The first-order valence-electron chi connectivity index (χ1n) is 4.00.